The normalized spacial score (nSPS) is 25.6. The van der Waals surface area contributed by atoms with E-state index in [9.17, 15) is 4.79 Å². The third kappa shape index (κ3) is 0.878. The molecular weight excluding hydrogens is 142 g/mol. The van der Waals surface area contributed by atoms with Crippen LogP contribution < -0.4 is 0 Å². The molecule has 0 aromatic rings. The van der Waals surface area contributed by atoms with Gasteiger partial charge < -0.3 is 9.64 Å². The summed E-state index contributed by atoms with van der Waals surface area (Å²) in [5.74, 6) is 0.0440. The first kappa shape index (κ1) is 6.85. The molecule has 2 saturated heterocycles. The van der Waals surface area contributed by atoms with Crippen molar-refractivity contribution in [2.24, 2.45) is 5.41 Å². The van der Waals surface area contributed by atoms with E-state index in [1.807, 2.05) is 0 Å². The monoisotopic (exact) mass is 153 g/mol. The summed E-state index contributed by atoms with van der Waals surface area (Å²) in [5.41, 5.74) is 0.332. The van der Waals surface area contributed by atoms with Crippen LogP contribution in [0, 0.1) is 5.41 Å². The van der Waals surface area contributed by atoms with Crippen LogP contribution in [0.25, 0.3) is 0 Å². The minimum atomic E-state index is 0.0440. The third-order valence-electron chi connectivity index (χ3n) is 2.36. The van der Waals surface area contributed by atoms with Crippen molar-refractivity contribution in [2.45, 2.75) is 0 Å². The molecule has 0 bridgehead atoms. The molecule has 0 unspecified atom stereocenters. The Morgan fingerprint density at radius 3 is 2.55 bits per heavy atom. The van der Waals surface area contributed by atoms with E-state index in [-0.39, 0.29) is 5.91 Å². The largest absolute Gasteiger partial charge is 0.380 e. The van der Waals surface area contributed by atoms with Crippen molar-refractivity contribution in [3.05, 3.63) is 12.7 Å². The number of ether oxygens (including phenoxy) is 1. The average molecular weight is 153 g/mol. The summed E-state index contributed by atoms with van der Waals surface area (Å²) < 4.78 is 5.08. The average Bonchev–Trinajstić information content (AvgIpc) is 1.81. The molecule has 3 nitrogen and oxygen atoms in total. The Labute approximate surface area is 65.6 Å². The molecule has 0 aliphatic carbocycles. The fourth-order valence-corrected chi connectivity index (χ4v) is 1.62. The Morgan fingerprint density at radius 2 is 2.18 bits per heavy atom. The maximum absolute atomic E-state index is 11.0. The highest BCUT2D eigenvalue weighted by atomic mass is 16.5. The van der Waals surface area contributed by atoms with Crippen molar-refractivity contribution in [3.63, 3.8) is 0 Å². The van der Waals surface area contributed by atoms with E-state index in [2.05, 4.69) is 6.58 Å². The van der Waals surface area contributed by atoms with Crippen LogP contribution in [0.1, 0.15) is 0 Å². The summed E-state index contributed by atoms with van der Waals surface area (Å²) in [4.78, 5) is 12.8. The Bertz CT molecular complexity index is 200. The molecule has 60 valence electrons. The van der Waals surface area contributed by atoms with E-state index in [4.69, 9.17) is 4.74 Å². The summed E-state index contributed by atoms with van der Waals surface area (Å²) in [7, 11) is 0. The zero-order valence-electron chi connectivity index (χ0n) is 6.38. The molecule has 0 radical (unpaired) electrons. The van der Waals surface area contributed by atoms with Crippen molar-refractivity contribution in [1.29, 1.82) is 0 Å². The number of amides is 1. The second-order valence-electron chi connectivity index (χ2n) is 3.39. The number of carbonyl (C=O) groups excluding carboxylic acids is 1. The van der Waals surface area contributed by atoms with E-state index in [1.54, 1.807) is 4.90 Å². The molecule has 0 aromatic carbocycles. The van der Waals surface area contributed by atoms with Crippen LogP contribution in [0.5, 0.6) is 0 Å². The number of carbonyl (C=O) groups is 1. The van der Waals surface area contributed by atoms with Gasteiger partial charge in [0, 0.05) is 13.1 Å². The maximum Gasteiger partial charge on any atom is 0.245 e. The molecule has 0 N–H and O–H groups in total. The molecule has 2 rings (SSSR count). The van der Waals surface area contributed by atoms with Gasteiger partial charge in [-0.05, 0) is 6.08 Å². The minimum absolute atomic E-state index is 0.0440. The van der Waals surface area contributed by atoms with Crippen LogP contribution in [0.3, 0.4) is 0 Å². The van der Waals surface area contributed by atoms with Gasteiger partial charge in [-0.2, -0.15) is 0 Å². The van der Waals surface area contributed by atoms with Gasteiger partial charge in [0.05, 0.1) is 18.6 Å². The predicted molar refractivity (Wildman–Crippen MR) is 40.0 cm³/mol. The summed E-state index contributed by atoms with van der Waals surface area (Å²) in [6.45, 7) is 6.81. The van der Waals surface area contributed by atoms with Gasteiger partial charge >= 0.3 is 0 Å². The standard InChI is InChI=1S/C8H11NO2/c1-2-7(10)9-3-8(4-9)5-11-6-8/h2H,1,3-6H2. The Kier molecular flexibility index (Phi) is 1.29. The van der Waals surface area contributed by atoms with Crippen LogP contribution >= 0.6 is 0 Å². The fourth-order valence-electron chi connectivity index (χ4n) is 1.62. The molecule has 0 saturated carbocycles. The van der Waals surface area contributed by atoms with Crippen molar-refractivity contribution < 1.29 is 9.53 Å². The van der Waals surface area contributed by atoms with Crippen LogP contribution in [0.2, 0.25) is 0 Å². The molecule has 1 amide bonds. The molecule has 2 aliphatic rings. The van der Waals surface area contributed by atoms with Gasteiger partial charge in [-0.15, -0.1) is 0 Å². The summed E-state index contributed by atoms with van der Waals surface area (Å²) in [6, 6.07) is 0. The molecule has 0 atom stereocenters. The lowest BCUT2D eigenvalue weighted by molar-refractivity contribution is -0.192. The molecule has 11 heavy (non-hydrogen) atoms. The van der Waals surface area contributed by atoms with E-state index in [1.165, 1.54) is 6.08 Å². The van der Waals surface area contributed by atoms with Crippen molar-refractivity contribution in [3.8, 4) is 0 Å². The van der Waals surface area contributed by atoms with Crippen molar-refractivity contribution >= 4 is 5.91 Å². The molecule has 3 heteroatoms. The summed E-state index contributed by atoms with van der Waals surface area (Å²) >= 11 is 0. The topological polar surface area (TPSA) is 29.5 Å². The lowest BCUT2D eigenvalue weighted by atomic mass is 9.78. The number of rotatable bonds is 1. The number of hydrogen-bond acceptors (Lipinski definition) is 2. The van der Waals surface area contributed by atoms with Gasteiger partial charge in [0.1, 0.15) is 0 Å². The number of likely N-dealkylation sites (tertiary alicyclic amines) is 1. The zero-order valence-corrected chi connectivity index (χ0v) is 6.38. The Balaban J connectivity index is 1.87. The van der Waals surface area contributed by atoms with Gasteiger partial charge in [-0.25, -0.2) is 0 Å². The quantitative estimate of drug-likeness (QED) is 0.497. The second kappa shape index (κ2) is 2.08. The predicted octanol–water partition coefficient (Wildman–Crippen LogP) is 0.0312. The van der Waals surface area contributed by atoms with E-state index >= 15 is 0 Å². The molecule has 1 spiro atoms. The molecule has 2 heterocycles. The van der Waals surface area contributed by atoms with Crippen LogP contribution in [-0.4, -0.2) is 37.1 Å². The van der Waals surface area contributed by atoms with Gasteiger partial charge in [0.2, 0.25) is 5.91 Å². The second-order valence-corrected chi connectivity index (χ2v) is 3.39. The molecule has 0 aromatic heterocycles. The Morgan fingerprint density at radius 1 is 1.55 bits per heavy atom. The van der Waals surface area contributed by atoms with Crippen LogP contribution in [0.4, 0.5) is 0 Å². The lowest BCUT2D eigenvalue weighted by Gasteiger charge is -2.54. The molecule has 2 aliphatic heterocycles. The Hall–Kier alpha value is -0.830. The van der Waals surface area contributed by atoms with Crippen molar-refractivity contribution in [1.82, 2.24) is 4.90 Å². The van der Waals surface area contributed by atoms with Gasteiger partial charge in [-0.3, -0.25) is 4.79 Å². The number of hydrogen-bond donors (Lipinski definition) is 0. The highest BCUT2D eigenvalue weighted by Gasteiger charge is 2.50. The summed E-state index contributed by atoms with van der Waals surface area (Å²) in [6.07, 6.45) is 1.37. The molecule has 2 fully saturated rings. The minimum Gasteiger partial charge on any atom is -0.380 e. The van der Waals surface area contributed by atoms with Gasteiger partial charge in [-0.1, -0.05) is 6.58 Å². The first-order valence-corrected chi connectivity index (χ1v) is 3.75. The van der Waals surface area contributed by atoms with Crippen molar-refractivity contribution in [2.75, 3.05) is 26.3 Å². The number of nitrogens with zero attached hydrogens (tertiary/aromatic N) is 1. The van der Waals surface area contributed by atoms with E-state index in [0.29, 0.717) is 5.41 Å². The van der Waals surface area contributed by atoms with Gasteiger partial charge in [0.25, 0.3) is 0 Å². The molecular formula is C8H11NO2. The third-order valence-corrected chi connectivity index (χ3v) is 2.36. The van der Waals surface area contributed by atoms with Gasteiger partial charge in [0.15, 0.2) is 0 Å². The highest BCUT2D eigenvalue weighted by molar-refractivity contribution is 5.87. The fraction of sp³-hybridized carbons (Fsp3) is 0.625. The van der Waals surface area contributed by atoms with E-state index in [0.717, 1.165) is 26.3 Å². The first-order valence-electron chi connectivity index (χ1n) is 3.75. The zero-order chi connectivity index (χ0) is 7.90. The smallest absolute Gasteiger partial charge is 0.245 e. The van der Waals surface area contributed by atoms with Crippen LogP contribution in [-0.2, 0) is 9.53 Å². The van der Waals surface area contributed by atoms with E-state index < -0.39 is 0 Å². The SMILES string of the molecule is C=CC(=O)N1CC2(COC2)C1. The maximum atomic E-state index is 11.0. The first-order chi connectivity index (χ1) is 5.26. The highest BCUT2D eigenvalue weighted by Crippen LogP contribution is 2.37. The van der Waals surface area contributed by atoms with Crippen LogP contribution in [0.15, 0.2) is 12.7 Å². The summed E-state index contributed by atoms with van der Waals surface area (Å²) in [5, 5.41) is 0. The lowest BCUT2D eigenvalue weighted by Crippen LogP contribution is -2.66.